The molecule has 0 aromatic carbocycles. The Hall–Kier alpha value is -3.56. The van der Waals surface area contributed by atoms with E-state index in [4.69, 9.17) is 9.97 Å². The highest BCUT2D eigenvalue weighted by atomic mass is 16.3. The highest BCUT2D eigenvalue weighted by Crippen LogP contribution is 2.42. The zero-order valence-corrected chi connectivity index (χ0v) is 29.1. The van der Waals surface area contributed by atoms with Gasteiger partial charge in [0, 0.05) is 38.8 Å². The molecular weight excluding hydrogens is 600 g/mol. The fourth-order valence-corrected chi connectivity index (χ4v) is 6.82. The quantitative estimate of drug-likeness (QED) is 0.0712. The number of aromatic nitrogens is 4. The third-order valence-electron chi connectivity index (χ3n) is 9.45. The van der Waals surface area contributed by atoms with Crippen LogP contribution < -0.4 is 0 Å². The maximum atomic E-state index is 12.1. The van der Waals surface area contributed by atoms with Gasteiger partial charge in [-0.15, -0.1) is 0 Å². The van der Waals surface area contributed by atoms with Crippen molar-refractivity contribution < 1.29 is 20.4 Å². The Kier molecular flexibility index (Phi) is 12.4. The minimum absolute atomic E-state index is 0.488. The Bertz CT molecular complexity index is 1770. The number of fused-ring (bicyclic) bond motifs is 8. The summed E-state index contributed by atoms with van der Waals surface area (Å²) in [5.41, 5.74) is 8.13. The van der Waals surface area contributed by atoms with Crippen molar-refractivity contribution in [1.29, 1.82) is 0 Å². The molecule has 2 aliphatic rings. The standard InChI is InChI=1S/C40H54N4O4/c1-5-9-13-32(45)30-23-29-22-27-18-17-25(41-27)21-26-19-20-28(42-26)24-31-36(33(46)14-10-6-2)37(34(47)15-11-7-3)40(44-31)38(39(30)43-29)35(48)16-12-8-4/h17-24,32-35,41,44-48H,5-16H2,1-4H3. The number of aliphatic hydroxyl groups is 4. The molecule has 258 valence electrons. The van der Waals surface area contributed by atoms with E-state index in [2.05, 4.69) is 37.7 Å². The van der Waals surface area contributed by atoms with E-state index in [0.29, 0.717) is 70.4 Å². The lowest BCUT2D eigenvalue weighted by molar-refractivity contribution is 0.143. The Morgan fingerprint density at radius 1 is 0.562 bits per heavy atom. The molecule has 8 nitrogen and oxygen atoms in total. The number of hydrogen-bond acceptors (Lipinski definition) is 6. The molecule has 5 heterocycles. The monoisotopic (exact) mass is 654 g/mol. The third kappa shape index (κ3) is 8.17. The van der Waals surface area contributed by atoms with Gasteiger partial charge in [0.1, 0.15) is 0 Å². The van der Waals surface area contributed by atoms with Crippen LogP contribution in [0.25, 0.3) is 45.9 Å². The summed E-state index contributed by atoms with van der Waals surface area (Å²) >= 11 is 0. The van der Waals surface area contributed by atoms with E-state index >= 15 is 0 Å². The van der Waals surface area contributed by atoms with E-state index in [0.717, 1.165) is 73.8 Å². The largest absolute Gasteiger partial charge is 0.388 e. The second-order valence-electron chi connectivity index (χ2n) is 13.4. The van der Waals surface area contributed by atoms with Crippen LogP contribution in [0.15, 0.2) is 30.3 Å². The van der Waals surface area contributed by atoms with Crippen LogP contribution in [0, 0.1) is 0 Å². The van der Waals surface area contributed by atoms with E-state index in [9.17, 15) is 20.4 Å². The molecule has 4 atom stereocenters. The molecule has 48 heavy (non-hydrogen) atoms. The van der Waals surface area contributed by atoms with Crippen molar-refractivity contribution in [2.24, 2.45) is 0 Å². The first-order chi connectivity index (χ1) is 23.3. The van der Waals surface area contributed by atoms with E-state index in [-0.39, 0.29) is 0 Å². The maximum absolute atomic E-state index is 12.1. The van der Waals surface area contributed by atoms with Crippen LogP contribution >= 0.6 is 0 Å². The molecule has 2 aliphatic heterocycles. The summed E-state index contributed by atoms with van der Waals surface area (Å²) in [7, 11) is 0. The predicted molar refractivity (Wildman–Crippen MR) is 197 cm³/mol. The summed E-state index contributed by atoms with van der Waals surface area (Å²) in [5.74, 6) is 0. The molecule has 0 saturated carbocycles. The van der Waals surface area contributed by atoms with Crippen LogP contribution in [-0.2, 0) is 0 Å². The maximum Gasteiger partial charge on any atom is 0.0831 e. The van der Waals surface area contributed by atoms with Gasteiger partial charge < -0.3 is 30.4 Å². The molecule has 0 amide bonds. The number of aromatic amines is 2. The Morgan fingerprint density at radius 2 is 1.06 bits per heavy atom. The zero-order chi connectivity index (χ0) is 34.2. The van der Waals surface area contributed by atoms with Gasteiger partial charge in [-0.05, 0) is 74.2 Å². The molecule has 8 heteroatoms. The van der Waals surface area contributed by atoms with E-state index in [1.807, 2.05) is 48.6 Å². The molecule has 0 spiro atoms. The van der Waals surface area contributed by atoms with Crippen molar-refractivity contribution in [2.75, 3.05) is 0 Å². The van der Waals surface area contributed by atoms with Gasteiger partial charge in [0.2, 0.25) is 0 Å². The molecular formula is C40H54N4O4. The van der Waals surface area contributed by atoms with E-state index in [1.165, 1.54) is 0 Å². The minimum atomic E-state index is -0.927. The number of aliphatic hydroxyl groups excluding tert-OH is 4. The SMILES string of the molecule is CCCCC(O)C1=Cc2cc3ccc(cc4nc(cc5[nH]c(c(C(O)CCCC)c1n2)c(C(O)CCCC)c5C(O)CCCC)C=C4)[nH]3. The first-order valence-electron chi connectivity index (χ1n) is 18.2. The summed E-state index contributed by atoms with van der Waals surface area (Å²) in [6.07, 6.45) is 11.4. The van der Waals surface area contributed by atoms with Crippen molar-refractivity contribution in [3.8, 4) is 0 Å². The normalized spacial score (nSPS) is 15.4. The summed E-state index contributed by atoms with van der Waals surface area (Å²) < 4.78 is 0. The van der Waals surface area contributed by atoms with Gasteiger partial charge in [0.25, 0.3) is 0 Å². The molecule has 5 rings (SSSR count). The zero-order valence-electron chi connectivity index (χ0n) is 29.1. The number of nitrogens with one attached hydrogen (secondary N) is 2. The minimum Gasteiger partial charge on any atom is -0.388 e. The van der Waals surface area contributed by atoms with Gasteiger partial charge in [-0.1, -0.05) is 79.1 Å². The van der Waals surface area contributed by atoms with Crippen molar-refractivity contribution in [3.63, 3.8) is 0 Å². The van der Waals surface area contributed by atoms with Crippen LogP contribution in [0.1, 0.15) is 163 Å². The van der Waals surface area contributed by atoms with E-state index in [1.54, 1.807) is 0 Å². The number of unbranched alkanes of at least 4 members (excludes halogenated alkanes) is 4. The van der Waals surface area contributed by atoms with Gasteiger partial charge in [-0.25, -0.2) is 9.97 Å². The summed E-state index contributed by atoms with van der Waals surface area (Å²) in [5, 5.41) is 47.5. The second kappa shape index (κ2) is 16.7. The smallest absolute Gasteiger partial charge is 0.0831 e. The van der Waals surface area contributed by atoms with Gasteiger partial charge in [-0.3, -0.25) is 0 Å². The lowest BCUT2D eigenvalue weighted by Gasteiger charge is -2.21. The Morgan fingerprint density at radius 3 is 1.65 bits per heavy atom. The van der Waals surface area contributed by atoms with Crippen LogP contribution in [-0.4, -0.2) is 46.5 Å². The molecule has 0 saturated heterocycles. The lowest BCUT2D eigenvalue weighted by Crippen LogP contribution is -2.13. The Balaban J connectivity index is 1.97. The molecule has 0 aliphatic carbocycles. The summed E-state index contributed by atoms with van der Waals surface area (Å²) in [4.78, 5) is 17.0. The summed E-state index contributed by atoms with van der Waals surface area (Å²) in [6, 6.07) is 9.85. The average molecular weight is 655 g/mol. The molecule has 0 radical (unpaired) electrons. The fourth-order valence-electron chi connectivity index (χ4n) is 6.82. The second-order valence-corrected chi connectivity index (χ2v) is 13.4. The Labute approximate surface area is 284 Å². The molecule has 3 aromatic heterocycles. The molecule has 6 N–H and O–H groups in total. The van der Waals surface area contributed by atoms with Gasteiger partial charge in [0.05, 0.1) is 52.7 Å². The lowest BCUT2D eigenvalue weighted by atomic mass is 9.90. The van der Waals surface area contributed by atoms with Crippen LogP contribution in [0.5, 0.6) is 0 Å². The molecule has 0 fully saturated rings. The number of hydrogen-bond donors (Lipinski definition) is 6. The first-order valence-corrected chi connectivity index (χ1v) is 18.2. The van der Waals surface area contributed by atoms with Crippen LogP contribution in [0.4, 0.5) is 0 Å². The molecule has 3 aromatic rings. The molecule has 4 unspecified atom stereocenters. The van der Waals surface area contributed by atoms with Crippen LogP contribution in [0.3, 0.4) is 0 Å². The predicted octanol–water partition coefficient (Wildman–Crippen LogP) is 9.25. The summed E-state index contributed by atoms with van der Waals surface area (Å²) in [6.45, 7) is 8.39. The van der Waals surface area contributed by atoms with Crippen molar-refractivity contribution >= 4 is 45.9 Å². The highest BCUT2D eigenvalue weighted by molar-refractivity contribution is 5.90. The van der Waals surface area contributed by atoms with Crippen LogP contribution in [0.2, 0.25) is 0 Å². The average Bonchev–Trinajstić information content (AvgIpc) is 3.88. The number of H-pyrrole nitrogens is 2. The first kappa shape index (κ1) is 35.7. The number of rotatable bonds is 16. The van der Waals surface area contributed by atoms with Gasteiger partial charge in [0.15, 0.2) is 0 Å². The van der Waals surface area contributed by atoms with Gasteiger partial charge >= 0.3 is 0 Å². The molecule has 8 bridgehead atoms. The topological polar surface area (TPSA) is 138 Å². The fraction of sp³-hybridized carbons (Fsp3) is 0.500. The highest BCUT2D eigenvalue weighted by Gasteiger charge is 2.31. The van der Waals surface area contributed by atoms with E-state index < -0.39 is 24.4 Å². The van der Waals surface area contributed by atoms with Gasteiger partial charge in [-0.2, -0.15) is 0 Å². The third-order valence-corrected chi connectivity index (χ3v) is 9.45. The number of nitrogens with zero attached hydrogens (tertiary/aromatic N) is 2. The van der Waals surface area contributed by atoms with Crippen molar-refractivity contribution in [1.82, 2.24) is 19.9 Å². The van der Waals surface area contributed by atoms with Crippen molar-refractivity contribution in [2.45, 2.75) is 129 Å². The van der Waals surface area contributed by atoms with Crippen molar-refractivity contribution in [3.05, 3.63) is 69.8 Å².